The van der Waals surface area contributed by atoms with Crippen LogP contribution in [0.3, 0.4) is 0 Å². The second kappa shape index (κ2) is 6.31. The number of nitrogens with one attached hydrogen (secondary N) is 1. The van der Waals surface area contributed by atoms with Gasteiger partial charge in [-0.3, -0.25) is 0 Å². The number of carbonyl (C=O) groups excluding carboxylic acids is 1. The van der Waals surface area contributed by atoms with Gasteiger partial charge >= 0.3 is 0 Å². The third-order valence-corrected chi connectivity index (χ3v) is 4.49. The van der Waals surface area contributed by atoms with E-state index in [0.29, 0.717) is 17.7 Å². The summed E-state index contributed by atoms with van der Waals surface area (Å²) < 4.78 is 26.5. The first kappa shape index (κ1) is 15.1. The minimum atomic E-state index is -3.71. The molecule has 18 heavy (non-hydrogen) atoms. The molecule has 4 nitrogen and oxygen atoms in total. The summed E-state index contributed by atoms with van der Waals surface area (Å²) >= 11 is 5.75. The molecule has 100 valence electrons. The van der Waals surface area contributed by atoms with Gasteiger partial charge in [-0.15, -0.1) is 0 Å². The number of carbonyl (C=O) groups is 1. The minimum absolute atomic E-state index is 0.0588. The number of hydrogen-bond donors (Lipinski definition) is 1. The van der Waals surface area contributed by atoms with Crippen LogP contribution in [0.4, 0.5) is 0 Å². The van der Waals surface area contributed by atoms with Crippen LogP contribution in [0.15, 0.2) is 29.2 Å². The van der Waals surface area contributed by atoms with Crippen LogP contribution in [0.2, 0.25) is 5.02 Å². The summed E-state index contributed by atoms with van der Waals surface area (Å²) in [5, 5.41) is 0.337. The van der Waals surface area contributed by atoms with Crippen LogP contribution in [0.25, 0.3) is 0 Å². The molecule has 1 rings (SSSR count). The lowest BCUT2D eigenvalue weighted by atomic mass is 10.0. The average Bonchev–Trinajstić information content (AvgIpc) is 2.35. The number of hydrogen-bond acceptors (Lipinski definition) is 3. The summed E-state index contributed by atoms with van der Waals surface area (Å²) in [6.45, 7) is 3.72. The van der Waals surface area contributed by atoms with Gasteiger partial charge in [0.25, 0.3) is 0 Å². The van der Waals surface area contributed by atoms with E-state index in [-0.39, 0.29) is 10.8 Å². The molecule has 0 fully saturated rings. The molecule has 1 aromatic carbocycles. The van der Waals surface area contributed by atoms with Gasteiger partial charge in [-0.1, -0.05) is 37.9 Å². The van der Waals surface area contributed by atoms with Gasteiger partial charge < -0.3 is 4.79 Å². The molecule has 1 N–H and O–H groups in total. The zero-order valence-electron chi connectivity index (χ0n) is 10.3. The molecule has 0 saturated heterocycles. The zero-order chi connectivity index (χ0) is 13.8. The minimum Gasteiger partial charge on any atom is -0.302 e. The first-order chi connectivity index (χ1) is 8.40. The standard InChI is InChI=1S/C12H16ClNO3S/c1-3-9(2)12(8-15)14-18(16,17)11-6-4-5-10(13)7-11/h4-9,12,14H,3H2,1-2H3/t9-,12+/m0/s1. The molecule has 0 unspecified atom stereocenters. The number of sulfonamides is 1. The van der Waals surface area contributed by atoms with E-state index in [4.69, 9.17) is 11.6 Å². The van der Waals surface area contributed by atoms with Gasteiger partial charge in [0.05, 0.1) is 10.9 Å². The van der Waals surface area contributed by atoms with E-state index in [1.807, 2.05) is 13.8 Å². The molecular formula is C12H16ClNO3S. The number of benzene rings is 1. The van der Waals surface area contributed by atoms with Gasteiger partial charge in [0.15, 0.2) is 0 Å². The quantitative estimate of drug-likeness (QED) is 0.817. The molecule has 0 radical (unpaired) electrons. The Morgan fingerprint density at radius 1 is 1.44 bits per heavy atom. The first-order valence-electron chi connectivity index (χ1n) is 5.64. The van der Waals surface area contributed by atoms with Crippen LogP contribution in [-0.4, -0.2) is 20.7 Å². The van der Waals surface area contributed by atoms with E-state index in [2.05, 4.69) is 4.72 Å². The van der Waals surface area contributed by atoms with Gasteiger partial charge in [0, 0.05) is 5.02 Å². The van der Waals surface area contributed by atoms with Gasteiger partial charge in [-0.2, -0.15) is 0 Å². The van der Waals surface area contributed by atoms with E-state index < -0.39 is 16.1 Å². The summed E-state index contributed by atoms with van der Waals surface area (Å²) in [6, 6.07) is 5.20. The molecule has 2 atom stereocenters. The van der Waals surface area contributed by atoms with Crippen LogP contribution < -0.4 is 4.72 Å². The van der Waals surface area contributed by atoms with Crippen molar-refractivity contribution in [3.05, 3.63) is 29.3 Å². The van der Waals surface area contributed by atoms with E-state index in [9.17, 15) is 13.2 Å². The van der Waals surface area contributed by atoms with Crippen LogP contribution >= 0.6 is 11.6 Å². The Morgan fingerprint density at radius 2 is 2.11 bits per heavy atom. The summed E-state index contributed by atoms with van der Waals surface area (Å²) in [7, 11) is -3.71. The van der Waals surface area contributed by atoms with Crippen LogP contribution in [-0.2, 0) is 14.8 Å². The van der Waals surface area contributed by atoms with Crippen molar-refractivity contribution < 1.29 is 13.2 Å². The predicted octanol–water partition coefficient (Wildman–Crippen LogP) is 2.23. The molecule has 0 aromatic heterocycles. The fourth-order valence-electron chi connectivity index (χ4n) is 1.41. The molecule has 6 heteroatoms. The molecule has 0 aliphatic carbocycles. The summed E-state index contributed by atoms with van der Waals surface area (Å²) in [5.41, 5.74) is 0. The largest absolute Gasteiger partial charge is 0.302 e. The van der Waals surface area contributed by atoms with Gasteiger partial charge in [0.1, 0.15) is 6.29 Å². The van der Waals surface area contributed by atoms with E-state index in [1.165, 1.54) is 12.1 Å². The highest BCUT2D eigenvalue weighted by Crippen LogP contribution is 2.16. The number of rotatable bonds is 6. The molecule has 0 aliphatic rings. The van der Waals surface area contributed by atoms with Gasteiger partial charge in [-0.25, -0.2) is 13.1 Å². The maximum absolute atomic E-state index is 12.0. The first-order valence-corrected chi connectivity index (χ1v) is 7.50. The van der Waals surface area contributed by atoms with Crippen LogP contribution in [0.5, 0.6) is 0 Å². The van der Waals surface area contributed by atoms with E-state index >= 15 is 0 Å². The lowest BCUT2D eigenvalue weighted by molar-refractivity contribution is -0.110. The Labute approximate surface area is 112 Å². The van der Waals surface area contributed by atoms with Gasteiger partial charge in [0.2, 0.25) is 10.0 Å². The van der Waals surface area contributed by atoms with Gasteiger partial charge in [-0.05, 0) is 24.1 Å². The monoisotopic (exact) mass is 289 g/mol. The summed E-state index contributed by atoms with van der Waals surface area (Å²) in [5.74, 6) is -0.0588. The summed E-state index contributed by atoms with van der Waals surface area (Å²) in [6.07, 6.45) is 1.33. The van der Waals surface area contributed by atoms with E-state index in [0.717, 1.165) is 0 Å². The molecule has 0 aliphatic heterocycles. The molecule has 0 saturated carbocycles. The third kappa shape index (κ3) is 3.80. The van der Waals surface area contributed by atoms with Crippen molar-refractivity contribution in [1.29, 1.82) is 0 Å². The third-order valence-electron chi connectivity index (χ3n) is 2.80. The van der Waals surface area contributed by atoms with Crippen molar-refractivity contribution in [2.24, 2.45) is 5.92 Å². The summed E-state index contributed by atoms with van der Waals surface area (Å²) in [4.78, 5) is 11.0. The van der Waals surface area contributed by atoms with E-state index in [1.54, 1.807) is 12.1 Å². The second-order valence-corrected chi connectivity index (χ2v) is 6.28. The van der Waals surface area contributed by atoms with Crippen molar-refractivity contribution in [2.45, 2.75) is 31.2 Å². The highest BCUT2D eigenvalue weighted by Gasteiger charge is 2.23. The molecule has 0 amide bonds. The number of halogens is 1. The topological polar surface area (TPSA) is 63.2 Å². The Hall–Kier alpha value is -0.910. The predicted molar refractivity (Wildman–Crippen MR) is 71.1 cm³/mol. The van der Waals surface area contributed by atoms with Crippen LogP contribution in [0.1, 0.15) is 20.3 Å². The Bertz CT molecular complexity index is 516. The molecule has 0 spiro atoms. The Balaban J connectivity index is 2.97. The maximum atomic E-state index is 12.0. The fourth-order valence-corrected chi connectivity index (χ4v) is 2.99. The molecule has 0 bridgehead atoms. The zero-order valence-corrected chi connectivity index (χ0v) is 11.8. The molecule has 1 aromatic rings. The second-order valence-electron chi connectivity index (χ2n) is 4.13. The smallest absolute Gasteiger partial charge is 0.241 e. The van der Waals surface area contributed by atoms with Crippen molar-refractivity contribution in [2.75, 3.05) is 0 Å². The molecular weight excluding hydrogens is 274 g/mol. The number of aldehydes is 1. The normalized spacial score (nSPS) is 15.1. The molecule has 0 heterocycles. The van der Waals surface area contributed by atoms with Crippen molar-refractivity contribution in [3.8, 4) is 0 Å². The Kier molecular flexibility index (Phi) is 5.31. The fraction of sp³-hybridized carbons (Fsp3) is 0.417. The van der Waals surface area contributed by atoms with Crippen molar-refractivity contribution >= 4 is 27.9 Å². The Morgan fingerprint density at radius 3 is 2.61 bits per heavy atom. The lowest BCUT2D eigenvalue weighted by Crippen LogP contribution is -2.40. The van der Waals surface area contributed by atoms with Crippen molar-refractivity contribution in [1.82, 2.24) is 4.72 Å². The average molecular weight is 290 g/mol. The van der Waals surface area contributed by atoms with Crippen molar-refractivity contribution in [3.63, 3.8) is 0 Å². The highest BCUT2D eigenvalue weighted by atomic mass is 35.5. The maximum Gasteiger partial charge on any atom is 0.241 e. The SMILES string of the molecule is CC[C@H](C)[C@@H](C=O)NS(=O)(=O)c1cccc(Cl)c1. The van der Waals surface area contributed by atoms with Crippen LogP contribution in [0, 0.1) is 5.92 Å². The lowest BCUT2D eigenvalue weighted by Gasteiger charge is -2.18. The highest BCUT2D eigenvalue weighted by molar-refractivity contribution is 7.89.